The third-order valence-electron chi connectivity index (χ3n) is 4.97. The van der Waals surface area contributed by atoms with Crippen molar-refractivity contribution in [2.24, 2.45) is 0 Å². The molecule has 2 aliphatic rings. The van der Waals surface area contributed by atoms with E-state index in [1.165, 1.54) is 25.7 Å². The second-order valence-corrected chi connectivity index (χ2v) is 6.80. The molecule has 0 bridgehead atoms. The average Bonchev–Trinajstić information content (AvgIpc) is 3.13. The first-order valence-corrected chi connectivity index (χ1v) is 8.74. The molecular weight excluding hydrogens is 302 g/mol. The molecule has 3 aromatic rings. The van der Waals surface area contributed by atoms with E-state index >= 15 is 0 Å². The molecule has 122 valence electrons. The van der Waals surface area contributed by atoms with Gasteiger partial charge in [0.25, 0.3) is 5.89 Å². The Kier molecular flexibility index (Phi) is 3.21. The molecule has 2 aromatic heterocycles. The summed E-state index contributed by atoms with van der Waals surface area (Å²) >= 11 is 0. The van der Waals surface area contributed by atoms with Crippen molar-refractivity contribution in [1.82, 2.24) is 20.3 Å². The highest BCUT2D eigenvalue weighted by Gasteiger charge is 2.29. The fourth-order valence-corrected chi connectivity index (χ4v) is 3.47. The Morgan fingerprint density at radius 3 is 2.54 bits per heavy atom. The van der Waals surface area contributed by atoms with E-state index in [9.17, 15) is 0 Å². The van der Waals surface area contributed by atoms with E-state index < -0.39 is 0 Å². The van der Waals surface area contributed by atoms with Crippen molar-refractivity contribution in [2.75, 3.05) is 5.32 Å². The predicted molar refractivity (Wildman–Crippen MR) is 90.7 cm³/mol. The van der Waals surface area contributed by atoms with Crippen LogP contribution in [0.15, 0.2) is 28.8 Å². The quantitative estimate of drug-likeness (QED) is 0.785. The van der Waals surface area contributed by atoms with Crippen molar-refractivity contribution < 1.29 is 4.52 Å². The molecular formula is C18H19N5O. The van der Waals surface area contributed by atoms with Crippen molar-refractivity contribution in [3.05, 3.63) is 30.1 Å². The summed E-state index contributed by atoms with van der Waals surface area (Å²) in [6.45, 7) is 0. The highest BCUT2D eigenvalue weighted by molar-refractivity contribution is 5.98. The molecule has 2 heterocycles. The van der Waals surface area contributed by atoms with Gasteiger partial charge < -0.3 is 9.84 Å². The molecule has 0 aliphatic heterocycles. The maximum atomic E-state index is 5.45. The number of benzene rings is 1. The number of aromatic nitrogens is 4. The average molecular weight is 321 g/mol. The van der Waals surface area contributed by atoms with Crippen LogP contribution in [-0.2, 0) is 0 Å². The predicted octanol–water partition coefficient (Wildman–Crippen LogP) is 3.91. The van der Waals surface area contributed by atoms with Crippen molar-refractivity contribution >= 4 is 16.6 Å². The minimum Gasteiger partial charge on any atom is -0.365 e. The summed E-state index contributed by atoms with van der Waals surface area (Å²) in [5.74, 6) is 2.57. The Bertz CT molecular complexity index is 880. The molecule has 2 aliphatic carbocycles. The standard InChI is InChI=1S/C18H19N5O/c1-2-6-12(5-1)19-17-14-8-4-3-7-13(14)15(21-22-17)18-20-16(23-24-18)11-9-10-11/h3-4,7-8,11-12H,1-2,5-6,9-10H2,(H,19,22). The molecule has 0 saturated heterocycles. The summed E-state index contributed by atoms with van der Waals surface area (Å²) in [7, 11) is 0. The van der Waals surface area contributed by atoms with Gasteiger partial charge in [-0.1, -0.05) is 42.3 Å². The molecule has 2 saturated carbocycles. The number of hydrogen-bond acceptors (Lipinski definition) is 6. The van der Waals surface area contributed by atoms with Crippen LogP contribution in [0.4, 0.5) is 5.82 Å². The first-order valence-electron chi connectivity index (χ1n) is 8.74. The molecule has 1 aromatic carbocycles. The second-order valence-electron chi connectivity index (χ2n) is 6.80. The van der Waals surface area contributed by atoms with E-state index in [1.54, 1.807) is 0 Å². The maximum Gasteiger partial charge on any atom is 0.279 e. The minimum atomic E-state index is 0.463. The molecule has 6 heteroatoms. The van der Waals surface area contributed by atoms with Gasteiger partial charge in [0.1, 0.15) is 0 Å². The van der Waals surface area contributed by atoms with Crippen LogP contribution in [0.25, 0.3) is 22.4 Å². The third kappa shape index (κ3) is 2.42. The van der Waals surface area contributed by atoms with Gasteiger partial charge in [0, 0.05) is 22.7 Å². The molecule has 0 unspecified atom stereocenters. The molecule has 24 heavy (non-hydrogen) atoms. The third-order valence-corrected chi connectivity index (χ3v) is 4.97. The molecule has 0 spiro atoms. The van der Waals surface area contributed by atoms with Gasteiger partial charge in [0.05, 0.1) is 0 Å². The lowest BCUT2D eigenvalue weighted by Crippen LogP contribution is -2.16. The van der Waals surface area contributed by atoms with E-state index in [-0.39, 0.29) is 0 Å². The van der Waals surface area contributed by atoms with E-state index in [0.29, 0.717) is 23.5 Å². The van der Waals surface area contributed by atoms with Crippen LogP contribution >= 0.6 is 0 Å². The van der Waals surface area contributed by atoms with Gasteiger partial charge in [-0.25, -0.2) is 0 Å². The summed E-state index contributed by atoms with van der Waals surface area (Å²) in [6.07, 6.45) is 7.27. The van der Waals surface area contributed by atoms with Crippen molar-refractivity contribution in [1.29, 1.82) is 0 Å². The van der Waals surface area contributed by atoms with Gasteiger partial charge in [0.15, 0.2) is 17.3 Å². The lowest BCUT2D eigenvalue weighted by atomic mass is 10.1. The fourth-order valence-electron chi connectivity index (χ4n) is 3.47. The van der Waals surface area contributed by atoms with E-state index in [1.807, 2.05) is 18.2 Å². The number of hydrogen-bond donors (Lipinski definition) is 1. The van der Waals surface area contributed by atoms with Gasteiger partial charge in [0.2, 0.25) is 0 Å². The van der Waals surface area contributed by atoms with Gasteiger partial charge in [-0.3, -0.25) is 0 Å². The van der Waals surface area contributed by atoms with Gasteiger partial charge in [-0.05, 0) is 25.7 Å². The Morgan fingerprint density at radius 1 is 0.958 bits per heavy atom. The smallest absolute Gasteiger partial charge is 0.279 e. The Labute approximate surface area is 139 Å². The van der Waals surface area contributed by atoms with E-state index in [0.717, 1.165) is 35.3 Å². The number of fused-ring (bicyclic) bond motifs is 1. The minimum absolute atomic E-state index is 0.463. The number of rotatable bonds is 4. The topological polar surface area (TPSA) is 76.7 Å². The van der Waals surface area contributed by atoms with Crippen LogP contribution in [0.5, 0.6) is 0 Å². The number of anilines is 1. The zero-order valence-electron chi connectivity index (χ0n) is 13.4. The summed E-state index contributed by atoms with van der Waals surface area (Å²) in [5.41, 5.74) is 0.668. The van der Waals surface area contributed by atoms with Crippen LogP contribution < -0.4 is 5.32 Å². The maximum absolute atomic E-state index is 5.45. The molecule has 0 atom stereocenters. The summed E-state index contributed by atoms with van der Waals surface area (Å²) < 4.78 is 5.45. The largest absolute Gasteiger partial charge is 0.365 e. The molecule has 0 radical (unpaired) electrons. The normalized spacial score (nSPS) is 18.3. The van der Waals surface area contributed by atoms with Crippen molar-refractivity contribution in [2.45, 2.75) is 50.5 Å². The van der Waals surface area contributed by atoms with Gasteiger partial charge >= 0.3 is 0 Å². The van der Waals surface area contributed by atoms with Gasteiger partial charge in [-0.15, -0.1) is 10.2 Å². The van der Waals surface area contributed by atoms with Crippen molar-refractivity contribution in [3.8, 4) is 11.6 Å². The molecule has 2 fully saturated rings. The highest BCUT2D eigenvalue weighted by Crippen LogP contribution is 2.39. The lowest BCUT2D eigenvalue weighted by molar-refractivity contribution is 0.421. The van der Waals surface area contributed by atoms with E-state index in [4.69, 9.17) is 4.52 Å². The molecule has 0 amide bonds. The van der Waals surface area contributed by atoms with Gasteiger partial charge in [-0.2, -0.15) is 4.98 Å². The summed E-state index contributed by atoms with van der Waals surface area (Å²) in [5, 5.41) is 18.5. The van der Waals surface area contributed by atoms with Crippen LogP contribution in [0.2, 0.25) is 0 Å². The Hall–Kier alpha value is -2.50. The van der Waals surface area contributed by atoms with Crippen LogP contribution in [0.1, 0.15) is 50.3 Å². The van der Waals surface area contributed by atoms with Crippen LogP contribution in [0, 0.1) is 0 Å². The number of nitrogens with one attached hydrogen (secondary N) is 1. The Balaban J connectivity index is 1.56. The SMILES string of the molecule is c1ccc2c(-c3nc(C4CC4)no3)nnc(NC3CCCC3)c2c1. The fraction of sp³-hybridized carbons (Fsp3) is 0.444. The first kappa shape index (κ1) is 13.9. The lowest BCUT2D eigenvalue weighted by Gasteiger charge is -2.14. The second kappa shape index (κ2) is 5.54. The van der Waals surface area contributed by atoms with Crippen molar-refractivity contribution in [3.63, 3.8) is 0 Å². The molecule has 6 nitrogen and oxygen atoms in total. The first-order chi connectivity index (χ1) is 11.9. The summed E-state index contributed by atoms with van der Waals surface area (Å²) in [6, 6.07) is 8.64. The number of nitrogens with zero attached hydrogens (tertiary/aromatic N) is 4. The van der Waals surface area contributed by atoms with Crippen LogP contribution in [0.3, 0.4) is 0 Å². The zero-order valence-corrected chi connectivity index (χ0v) is 13.4. The van der Waals surface area contributed by atoms with Crippen LogP contribution in [-0.4, -0.2) is 26.4 Å². The zero-order chi connectivity index (χ0) is 15.9. The molecule has 1 N–H and O–H groups in total. The van der Waals surface area contributed by atoms with E-state index in [2.05, 4.69) is 31.7 Å². The Morgan fingerprint density at radius 2 is 1.75 bits per heavy atom. The summed E-state index contributed by atoms with van der Waals surface area (Å²) in [4.78, 5) is 4.52. The monoisotopic (exact) mass is 321 g/mol. The molecule has 5 rings (SSSR count). The highest BCUT2D eigenvalue weighted by atomic mass is 16.5.